The van der Waals surface area contributed by atoms with Crippen molar-refractivity contribution in [3.63, 3.8) is 0 Å². The predicted octanol–water partition coefficient (Wildman–Crippen LogP) is 8.44. The first kappa shape index (κ1) is 36.2. The third-order valence-corrected chi connectivity index (χ3v) is 10.3. The molecule has 6 aromatic rings. The molecular weight excluding hydrogens is 936 g/mol. The van der Waals surface area contributed by atoms with E-state index in [4.69, 9.17) is 28.4 Å². The van der Waals surface area contributed by atoms with Gasteiger partial charge in [0.2, 0.25) is 5.79 Å². The van der Waals surface area contributed by atoms with E-state index in [-0.39, 0.29) is 6.61 Å². The number of benzene rings is 5. The van der Waals surface area contributed by atoms with Gasteiger partial charge in [0.1, 0.15) is 24.4 Å². The van der Waals surface area contributed by atoms with Crippen LogP contribution in [0.2, 0.25) is 0 Å². The van der Waals surface area contributed by atoms with Crippen LogP contribution in [0.3, 0.4) is 0 Å². The largest absolute Gasteiger partial charge is 0.448 e. The molecule has 0 bridgehead atoms. The Kier molecular flexibility index (Phi) is 11.1. The number of aromatic nitrogens is 1. The normalized spacial score (nSPS) is 22.2. The van der Waals surface area contributed by atoms with Crippen LogP contribution in [-0.4, -0.2) is 35.4 Å². The summed E-state index contributed by atoms with van der Waals surface area (Å²) in [4.78, 5) is 0. The third kappa shape index (κ3) is 7.66. The zero-order chi connectivity index (χ0) is 35.3. The zero-order valence-corrected chi connectivity index (χ0v) is 37.5. The summed E-state index contributed by atoms with van der Waals surface area (Å²) < 4.78 is 43.4. The summed E-state index contributed by atoms with van der Waals surface area (Å²) in [5.41, 5.74) is 8.25. The molecule has 1 aromatic heterocycles. The number of hydrogen-bond donors (Lipinski definition) is 0. The molecule has 3 heterocycles. The Morgan fingerprint density at radius 3 is 1.77 bits per heavy atom. The molecule has 6 atom stereocenters. The Morgan fingerprint density at radius 1 is 0.698 bits per heavy atom. The van der Waals surface area contributed by atoms with Crippen LogP contribution < -0.4 is 0 Å². The standard InChI is InChI=1S/C44H43NO6P.Rf/c1-31-24-45(52)39-23-38-36(22-37(31)39)29-50-44(38)43(49-28-35-20-12-5-13-21-35)42(48-27-34-18-10-4-11-19-34)41(47-26-33-16-8-3-9-17-33)40(51-44)30-46-25-32-14-6-2-7-15-32;/h2-23,40-43H,25-30,52H2,1H3;/q-1;/t40-,41-,42+,43-,44+;/m1./s1. The molecule has 53 heavy (non-hydrogen) atoms. The Bertz CT molecular complexity index is 2070. The van der Waals surface area contributed by atoms with Gasteiger partial charge < -0.3 is 32.8 Å². The molecule has 2 aliphatic heterocycles. The van der Waals surface area contributed by atoms with E-state index in [2.05, 4.69) is 83.2 Å². The number of rotatable bonds is 13. The quantitative estimate of drug-likeness (QED) is 0.0857. The SMILES string of the molecule is Cc1[c-]n(P)c2cc3c(cc12)CO[C@]31O[C@H](COCc2ccccc2)[C@@H](OCc2ccccc2)[C@H](OCc2ccccc2)[C@H]1OCc1ccccc1.[Rf]. The molecule has 2 aliphatic rings. The van der Waals surface area contributed by atoms with Crippen LogP contribution in [0, 0.1) is 13.1 Å². The van der Waals surface area contributed by atoms with E-state index in [1.807, 2.05) is 77.1 Å². The van der Waals surface area contributed by atoms with Crippen LogP contribution in [0.25, 0.3) is 10.9 Å². The first-order valence-corrected chi connectivity index (χ1v) is 18.3. The molecule has 7 nitrogen and oxygen atoms in total. The Morgan fingerprint density at radius 2 is 1.21 bits per heavy atom. The van der Waals surface area contributed by atoms with Gasteiger partial charge in [0.05, 0.1) is 39.6 Å². The number of hydrogen-bond acceptors (Lipinski definition) is 6. The van der Waals surface area contributed by atoms with E-state index in [0.717, 1.165) is 49.8 Å². The Balaban J connectivity index is 0.00000435. The average Bonchev–Trinajstić information content (AvgIpc) is 3.68. The van der Waals surface area contributed by atoms with Crippen molar-refractivity contribution in [3.05, 3.63) is 179 Å². The molecule has 0 N–H and O–H groups in total. The average molecular weight is 980 g/mol. The molecule has 8 rings (SSSR count). The summed E-state index contributed by atoms with van der Waals surface area (Å²) in [7, 11) is 2.76. The molecule has 1 spiro atoms. The molecule has 1 saturated heterocycles. The van der Waals surface area contributed by atoms with Crippen molar-refractivity contribution >= 4 is 20.3 Å². The van der Waals surface area contributed by atoms with Crippen molar-refractivity contribution in [1.29, 1.82) is 0 Å². The van der Waals surface area contributed by atoms with Crippen molar-refractivity contribution in [1.82, 2.24) is 4.34 Å². The molecule has 5 aromatic carbocycles. The van der Waals surface area contributed by atoms with Crippen LogP contribution in [0.4, 0.5) is 0 Å². The van der Waals surface area contributed by atoms with Crippen LogP contribution in [-0.2, 0) is 67.2 Å². The van der Waals surface area contributed by atoms with Gasteiger partial charge in [-0.15, -0.1) is 17.1 Å². The van der Waals surface area contributed by atoms with Gasteiger partial charge in [-0.25, -0.2) is 0 Å². The van der Waals surface area contributed by atoms with Gasteiger partial charge in [-0.2, -0.15) is 5.39 Å². The minimum atomic E-state index is -1.31. The maximum absolute atomic E-state index is 7.28. The molecule has 1 fully saturated rings. The Labute approximate surface area is 307 Å². The van der Waals surface area contributed by atoms with Crippen LogP contribution in [0.1, 0.15) is 38.9 Å². The van der Waals surface area contributed by atoms with Gasteiger partial charge in [-0.1, -0.05) is 150 Å². The van der Waals surface area contributed by atoms with Crippen molar-refractivity contribution in [2.75, 3.05) is 6.61 Å². The van der Waals surface area contributed by atoms with E-state index in [0.29, 0.717) is 33.0 Å². The summed E-state index contributed by atoms with van der Waals surface area (Å²) in [6.07, 6.45) is 0.959. The smallest absolute Gasteiger partial charge is 0.224 e. The molecule has 0 amide bonds. The number of aryl methyl sites for hydroxylation is 1. The Hall–Kier alpha value is -5.17. The summed E-state index contributed by atoms with van der Waals surface area (Å²) in [6.45, 7) is 4.15. The number of fused-ring (bicyclic) bond motifs is 3. The molecule has 1 unspecified atom stereocenters. The summed E-state index contributed by atoms with van der Waals surface area (Å²) in [5, 5.41) is 1.12. The maximum atomic E-state index is 7.28. The second kappa shape index (κ2) is 16.2. The van der Waals surface area contributed by atoms with Crippen molar-refractivity contribution in [3.8, 4) is 0 Å². The number of nitrogens with zero attached hydrogens (tertiary/aromatic N) is 1. The van der Waals surface area contributed by atoms with Gasteiger partial charge >= 0.3 is 0 Å². The van der Waals surface area contributed by atoms with E-state index in [9.17, 15) is 0 Å². The minimum absolute atomic E-state index is 0. The molecule has 9 heteroatoms. The maximum Gasteiger partial charge on any atom is 0.224 e. The zero-order valence-electron chi connectivity index (χ0n) is 29.9. The summed E-state index contributed by atoms with van der Waals surface area (Å²) in [5.74, 6) is -1.31. The second-order valence-electron chi connectivity index (χ2n) is 13.5. The number of ether oxygens (including phenoxy) is 6. The van der Waals surface area contributed by atoms with E-state index < -0.39 is 30.2 Å². The predicted molar refractivity (Wildman–Crippen MR) is 203 cm³/mol. The monoisotopic (exact) mass is 979 g/mol. The van der Waals surface area contributed by atoms with Crippen LogP contribution in [0.5, 0.6) is 0 Å². The molecular formula is C44H43NO6PRf-. The van der Waals surface area contributed by atoms with Crippen molar-refractivity contribution < 1.29 is 28.4 Å². The van der Waals surface area contributed by atoms with Gasteiger partial charge in [-0.3, -0.25) is 0 Å². The molecule has 0 aliphatic carbocycles. The second-order valence-corrected chi connectivity index (χ2v) is 14.0. The van der Waals surface area contributed by atoms with Crippen LogP contribution in [0.15, 0.2) is 133 Å². The summed E-state index contributed by atoms with van der Waals surface area (Å²) in [6, 6.07) is 45.1. The first-order chi connectivity index (χ1) is 25.6. The van der Waals surface area contributed by atoms with Gasteiger partial charge in [0.25, 0.3) is 0 Å². The topological polar surface area (TPSA) is 60.3 Å². The molecule has 0 radical (unpaired) electrons. The van der Waals surface area contributed by atoms with E-state index in [1.165, 1.54) is 0 Å². The van der Waals surface area contributed by atoms with Crippen LogP contribution >= 0.6 is 9.39 Å². The fourth-order valence-electron chi connectivity index (χ4n) is 7.31. The molecule has 268 valence electrons. The van der Waals surface area contributed by atoms with Gasteiger partial charge in [-0.05, 0) is 27.8 Å². The fraction of sp³-hybridized carbons (Fsp3) is 0.273. The van der Waals surface area contributed by atoms with Crippen molar-refractivity contribution in [2.45, 2.75) is 70.2 Å². The first-order valence-electron chi connectivity index (χ1n) is 17.8. The van der Waals surface area contributed by atoms with Gasteiger partial charge in [0.15, 0.2) is 0 Å². The van der Waals surface area contributed by atoms with E-state index >= 15 is 0 Å². The third-order valence-electron chi connectivity index (χ3n) is 9.92. The van der Waals surface area contributed by atoms with E-state index in [1.54, 1.807) is 0 Å². The fourth-order valence-corrected chi connectivity index (χ4v) is 7.72. The summed E-state index contributed by atoms with van der Waals surface area (Å²) >= 11 is 0. The minimum Gasteiger partial charge on any atom is -0.448 e. The van der Waals surface area contributed by atoms with Gasteiger partial charge in [0, 0.05) is 5.56 Å². The molecule has 0 saturated carbocycles. The van der Waals surface area contributed by atoms with Crippen molar-refractivity contribution in [2.24, 2.45) is 0 Å².